The molecule has 0 aliphatic carbocycles. The standard InChI is InChI=1S/C16H13BrClN3O2/c17-13-5-2-11(3-6-13)15(22)20-8-1-9-21(20)16(23)12-4-7-14(18)19-10-12/h2-7,10H,1,8-9H2. The normalized spacial score (nSPS) is 14.2. The topological polar surface area (TPSA) is 53.5 Å². The molecular formula is C16H13BrClN3O2. The van der Waals surface area contributed by atoms with Gasteiger partial charge in [0.05, 0.1) is 5.56 Å². The largest absolute Gasteiger partial charge is 0.274 e. The minimum absolute atomic E-state index is 0.190. The van der Waals surface area contributed by atoms with Crippen molar-refractivity contribution < 1.29 is 9.59 Å². The average Bonchev–Trinajstić information content (AvgIpc) is 3.04. The van der Waals surface area contributed by atoms with E-state index in [9.17, 15) is 9.59 Å². The van der Waals surface area contributed by atoms with Crippen molar-refractivity contribution in [3.8, 4) is 0 Å². The number of pyridine rings is 1. The van der Waals surface area contributed by atoms with E-state index in [-0.39, 0.29) is 11.8 Å². The zero-order valence-corrected chi connectivity index (χ0v) is 14.4. The summed E-state index contributed by atoms with van der Waals surface area (Å²) in [5.74, 6) is -0.442. The van der Waals surface area contributed by atoms with Crippen LogP contribution in [-0.4, -0.2) is 39.9 Å². The molecule has 1 aromatic heterocycles. The number of carbonyl (C=O) groups excluding carboxylic acids is 2. The predicted octanol–water partition coefficient (Wildman–Crippen LogP) is 3.40. The summed E-state index contributed by atoms with van der Waals surface area (Å²) in [6, 6.07) is 10.2. The highest BCUT2D eigenvalue weighted by molar-refractivity contribution is 9.10. The molecule has 3 rings (SSSR count). The molecule has 1 aromatic carbocycles. The van der Waals surface area contributed by atoms with Gasteiger partial charge in [-0.05, 0) is 42.8 Å². The Hall–Kier alpha value is -1.92. The van der Waals surface area contributed by atoms with E-state index < -0.39 is 0 Å². The van der Waals surface area contributed by atoms with Gasteiger partial charge >= 0.3 is 0 Å². The van der Waals surface area contributed by atoms with E-state index >= 15 is 0 Å². The number of hydrogen-bond donors (Lipinski definition) is 0. The molecule has 0 unspecified atom stereocenters. The van der Waals surface area contributed by atoms with Gasteiger partial charge in [-0.25, -0.2) is 15.0 Å². The van der Waals surface area contributed by atoms with Gasteiger partial charge in [0.25, 0.3) is 11.8 Å². The third-order valence-corrected chi connectivity index (χ3v) is 4.32. The van der Waals surface area contributed by atoms with Gasteiger partial charge in [0.15, 0.2) is 0 Å². The fourth-order valence-electron chi connectivity index (χ4n) is 2.43. The maximum absolute atomic E-state index is 12.6. The van der Waals surface area contributed by atoms with E-state index in [2.05, 4.69) is 20.9 Å². The van der Waals surface area contributed by atoms with Crippen molar-refractivity contribution in [2.45, 2.75) is 6.42 Å². The molecule has 0 spiro atoms. The lowest BCUT2D eigenvalue weighted by Gasteiger charge is -2.28. The molecule has 0 radical (unpaired) electrons. The van der Waals surface area contributed by atoms with Crippen LogP contribution in [0.3, 0.4) is 0 Å². The van der Waals surface area contributed by atoms with E-state index in [1.165, 1.54) is 16.2 Å². The highest BCUT2D eigenvalue weighted by atomic mass is 79.9. The Morgan fingerprint density at radius 3 is 2.09 bits per heavy atom. The molecule has 1 aliphatic rings. The van der Waals surface area contributed by atoms with Crippen molar-refractivity contribution in [1.29, 1.82) is 0 Å². The lowest BCUT2D eigenvalue weighted by molar-refractivity contribution is 0.0186. The highest BCUT2D eigenvalue weighted by Gasteiger charge is 2.31. The van der Waals surface area contributed by atoms with Gasteiger partial charge in [-0.2, -0.15) is 0 Å². The first kappa shape index (κ1) is 16.0. The molecule has 0 N–H and O–H groups in total. The molecule has 1 saturated heterocycles. The molecule has 2 amide bonds. The van der Waals surface area contributed by atoms with Crippen molar-refractivity contribution in [2.24, 2.45) is 0 Å². The summed E-state index contributed by atoms with van der Waals surface area (Å²) in [5, 5.41) is 3.28. The van der Waals surface area contributed by atoms with Crippen LogP contribution in [0.5, 0.6) is 0 Å². The third kappa shape index (κ3) is 3.38. The molecule has 0 saturated carbocycles. The lowest BCUT2D eigenvalue weighted by Crippen LogP contribution is -2.44. The van der Waals surface area contributed by atoms with Gasteiger partial charge in [0.1, 0.15) is 5.15 Å². The van der Waals surface area contributed by atoms with E-state index in [1.807, 2.05) is 0 Å². The molecule has 23 heavy (non-hydrogen) atoms. The van der Waals surface area contributed by atoms with Gasteiger partial charge in [-0.15, -0.1) is 0 Å². The number of rotatable bonds is 2. The Morgan fingerprint density at radius 2 is 1.52 bits per heavy atom. The van der Waals surface area contributed by atoms with E-state index in [4.69, 9.17) is 11.6 Å². The zero-order valence-electron chi connectivity index (χ0n) is 12.1. The molecule has 0 atom stereocenters. The molecule has 2 aromatic rings. The number of carbonyl (C=O) groups is 2. The van der Waals surface area contributed by atoms with Crippen molar-refractivity contribution in [1.82, 2.24) is 15.0 Å². The number of hydrazine groups is 1. The molecule has 118 valence electrons. The van der Waals surface area contributed by atoms with Crippen LogP contribution in [0.15, 0.2) is 47.1 Å². The minimum atomic E-state index is -0.253. The lowest BCUT2D eigenvalue weighted by atomic mass is 10.2. The first-order valence-corrected chi connectivity index (χ1v) is 8.24. The predicted molar refractivity (Wildman–Crippen MR) is 90.1 cm³/mol. The van der Waals surface area contributed by atoms with Crippen LogP contribution < -0.4 is 0 Å². The Labute approximate surface area is 147 Å². The smallest absolute Gasteiger partial charge is 0.267 e. The van der Waals surface area contributed by atoms with E-state index in [0.717, 1.165) is 10.9 Å². The van der Waals surface area contributed by atoms with E-state index in [1.54, 1.807) is 36.4 Å². The van der Waals surface area contributed by atoms with Crippen molar-refractivity contribution in [2.75, 3.05) is 13.1 Å². The number of hydrogen-bond acceptors (Lipinski definition) is 3. The number of aromatic nitrogens is 1. The first-order valence-electron chi connectivity index (χ1n) is 7.07. The summed E-state index contributed by atoms with van der Waals surface area (Å²) in [7, 11) is 0. The molecular weight excluding hydrogens is 382 g/mol. The van der Waals surface area contributed by atoms with Crippen LogP contribution in [0.1, 0.15) is 27.1 Å². The molecule has 7 heteroatoms. The molecule has 0 bridgehead atoms. The average molecular weight is 395 g/mol. The molecule has 2 heterocycles. The Bertz CT molecular complexity index is 670. The summed E-state index contributed by atoms with van der Waals surface area (Å²) in [5.41, 5.74) is 0.951. The van der Waals surface area contributed by atoms with Crippen LogP contribution in [0, 0.1) is 0 Å². The zero-order chi connectivity index (χ0) is 16.4. The van der Waals surface area contributed by atoms with Crippen LogP contribution in [-0.2, 0) is 0 Å². The molecule has 5 nitrogen and oxygen atoms in total. The van der Waals surface area contributed by atoms with Gasteiger partial charge in [-0.1, -0.05) is 27.5 Å². The fraction of sp³-hybridized carbons (Fsp3) is 0.188. The SMILES string of the molecule is O=C(c1ccc(Br)cc1)N1CCCN1C(=O)c1ccc(Cl)nc1. The second-order valence-corrected chi connectivity index (χ2v) is 6.39. The summed E-state index contributed by atoms with van der Waals surface area (Å²) in [6.45, 7) is 1.02. The number of amides is 2. The van der Waals surface area contributed by atoms with Crippen LogP contribution in [0.4, 0.5) is 0 Å². The van der Waals surface area contributed by atoms with Gasteiger partial charge < -0.3 is 0 Å². The van der Waals surface area contributed by atoms with Gasteiger partial charge in [0.2, 0.25) is 0 Å². The Kier molecular flexibility index (Phi) is 4.63. The minimum Gasteiger partial charge on any atom is -0.267 e. The van der Waals surface area contributed by atoms with Crippen LogP contribution >= 0.6 is 27.5 Å². The molecule has 1 aliphatic heterocycles. The monoisotopic (exact) mass is 393 g/mol. The second-order valence-electron chi connectivity index (χ2n) is 5.09. The van der Waals surface area contributed by atoms with Gasteiger partial charge in [0, 0.05) is 29.3 Å². The summed E-state index contributed by atoms with van der Waals surface area (Å²) in [6.07, 6.45) is 2.17. The van der Waals surface area contributed by atoms with Crippen molar-refractivity contribution in [3.05, 3.63) is 63.3 Å². The van der Waals surface area contributed by atoms with Crippen molar-refractivity contribution in [3.63, 3.8) is 0 Å². The third-order valence-electron chi connectivity index (χ3n) is 3.57. The van der Waals surface area contributed by atoms with Crippen molar-refractivity contribution >= 4 is 39.3 Å². The first-order chi connectivity index (χ1) is 11.1. The Morgan fingerprint density at radius 1 is 0.957 bits per heavy atom. The second kappa shape index (κ2) is 6.68. The summed E-state index contributed by atoms with van der Waals surface area (Å²) in [4.78, 5) is 29.2. The van der Waals surface area contributed by atoms with Crippen LogP contribution in [0.2, 0.25) is 5.15 Å². The molecule has 1 fully saturated rings. The highest BCUT2D eigenvalue weighted by Crippen LogP contribution is 2.19. The van der Waals surface area contributed by atoms with Crippen LogP contribution in [0.25, 0.3) is 0 Å². The maximum atomic E-state index is 12.6. The maximum Gasteiger partial charge on any atom is 0.274 e. The number of nitrogens with zero attached hydrogens (tertiary/aromatic N) is 3. The Balaban J connectivity index is 1.82. The summed E-state index contributed by atoms with van der Waals surface area (Å²) >= 11 is 9.09. The summed E-state index contributed by atoms with van der Waals surface area (Å²) < 4.78 is 0.899. The fourth-order valence-corrected chi connectivity index (χ4v) is 2.80. The van der Waals surface area contributed by atoms with E-state index in [0.29, 0.717) is 29.4 Å². The number of benzene rings is 1. The quantitative estimate of drug-likeness (QED) is 0.734. The number of halogens is 2. The van der Waals surface area contributed by atoms with Gasteiger partial charge in [-0.3, -0.25) is 9.59 Å².